The molecule has 1 fully saturated rings. The van der Waals surface area contributed by atoms with Crippen molar-refractivity contribution >= 4 is 27.7 Å². The van der Waals surface area contributed by atoms with Crippen molar-refractivity contribution in [3.8, 4) is 0 Å². The van der Waals surface area contributed by atoms with Gasteiger partial charge in [0.25, 0.3) is 0 Å². The molecule has 1 N–H and O–H groups in total. The molecule has 2 rings (SSSR count). The van der Waals surface area contributed by atoms with Gasteiger partial charge in [0.1, 0.15) is 5.82 Å². The second-order valence-electron chi connectivity index (χ2n) is 5.39. The zero-order valence-corrected chi connectivity index (χ0v) is 14.6. The van der Waals surface area contributed by atoms with Crippen LogP contribution in [0.1, 0.15) is 44.7 Å². The van der Waals surface area contributed by atoms with Gasteiger partial charge in [0.05, 0.1) is 16.8 Å². The molecule has 1 aliphatic rings. The number of anilines is 2. The zero-order chi connectivity index (χ0) is 15.1. The number of aromatic nitrogens is 2. The number of nitrogens with one attached hydrogen (secondary N) is 1. The maximum Gasteiger partial charge on any atom is 0.227 e. The van der Waals surface area contributed by atoms with Crippen LogP contribution in [0.2, 0.25) is 0 Å². The average molecular weight is 357 g/mol. The molecular formula is C15H25BrN4O. The molecule has 0 aliphatic carbocycles. The van der Waals surface area contributed by atoms with E-state index in [0.29, 0.717) is 6.61 Å². The molecule has 0 atom stereocenters. The molecular weight excluding hydrogens is 332 g/mol. The smallest absolute Gasteiger partial charge is 0.227 e. The lowest BCUT2D eigenvalue weighted by atomic mass is 10.2. The lowest BCUT2D eigenvalue weighted by Crippen LogP contribution is -2.27. The van der Waals surface area contributed by atoms with E-state index >= 15 is 0 Å². The van der Waals surface area contributed by atoms with Gasteiger partial charge in [-0.3, -0.25) is 0 Å². The summed E-state index contributed by atoms with van der Waals surface area (Å²) in [5.41, 5.74) is 0.908. The van der Waals surface area contributed by atoms with Gasteiger partial charge in [0.15, 0.2) is 0 Å². The first-order chi connectivity index (χ1) is 10.3. The molecule has 0 aromatic carbocycles. The molecule has 0 radical (unpaired) electrons. The molecule has 118 valence electrons. The van der Waals surface area contributed by atoms with Crippen LogP contribution in [0, 0.1) is 0 Å². The summed E-state index contributed by atoms with van der Waals surface area (Å²) in [5.74, 6) is 1.70. The SMILES string of the molecule is CCCNc1nc(N2CCCCCC2)nc(COC)c1Br. The third kappa shape index (κ3) is 4.54. The molecule has 21 heavy (non-hydrogen) atoms. The van der Waals surface area contributed by atoms with Gasteiger partial charge in [0.2, 0.25) is 5.95 Å². The lowest BCUT2D eigenvalue weighted by Gasteiger charge is -2.22. The van der Waals surface area contributed by atoms with Crippen LogP contribution in [0.25, 0.3) is 0 Å². The number of hydrogen-bond acceptors (Lipinski definition) is 5. The highest BCUT2D eigenvalue weighted by atomic mass is 79.9. The Labute approximate surface area is 135 Å². The fourth-order valence-electron chi connectivity index (χ4n) is 2.49. The van der Waals surface area contributed by atoms with E-state index in [1.807, 2.05) is 0 Å². The van der Waals surface area contributed by atoms with E-state index in [2.05, 4.69) is 33.1 Å². The van der Waals surface area contributed by atoms with E-state index in [9.17, 15) is 0 Å². The predicted octanol–water partition coefficient (Wildman–Crippen LogP) is 3.59. The Morgan fingerprint density at radius 3 is 2.52 bits per heavy atom. The van der Waals surface area contributed by atoms with Gasteiger partial charge in [-0.2, -0.15) is 4.98 Å². The van der Waals surface area contributed by atoms with Crippen LogP contribution in [-0.2, 0) is 11.3 Å². The van der Waals surface area contributed by atoms with Crippen molar-refractivity contribution in [1.29, 1.82) is 0 Å². The van der Waals surface area contributed by atoms with Crippen molar-refractivity contribution in [2.24, 2.45) is 0 Å². The molecule has 0 bridgehead atoms. The first-order valence-electron chi connectivity index (χ1n) is 7.80. The van der Waals surface area contributed by atoms with Crippen molar-refractivity contribution in [1.82, 2.24) is 9.97 Å². The largest absolute Gasteiger partial charge is 0.378 e. The second-order valence-corrected chi connectivity index (χ2v) is 6.19. The maximum absolute atomic E-state index is 5.27. The fourth-order valence-corrected chi connectivity index (χ4v) is 2.92. The van der Waals surface area contributed by atoms with E-state index in [4.69, 9.17) is 14.7 Å². The van der Waals surface area contributed by atoms with Crippen molar-refractivity contribution in [2.45, 2.75) is 45.6 Å². The van der Waals surface area contributed by atoms with Crippen LogP contribution in [0.4, 0.5) is 11.8 Å². The normalized spacial score (nSPS) is 15.9. The highest BCUT2D eigenvalue weighted by Gasteiger charge is 2.17. The summed E-state index contributed by atoms with van der Waals surface area (Å²) in [4.78, 5) is 11.7. The van der Waals surface area contributed by atoms with E-state index in [-0.39, 0.29) is 0 Å². The molecule has 0 saturated carbocycles. The van der Waals surface area contributed by atoms with Crippen molar-refractivity contribution < 1.29 is 4.74 Å². The lowest BCUT2D eigenvalue weighted by molar-refractivity contribution is 0.181. The minimum atomic E-state index is 0.491. The van der Waals surface area contributed by atoms with Crippen LogP contribution < -0.4 is 10.2 Å². The van der Waals surface area contributed by atoms with Crippen LogP contribution in [0.5, 0.6) is 0 Å². The van der Waals surface area contributed by atoms with E-state index in [0.717, 1.165) is 48.0 Å². The van der Waals surface area contributed by atoms with Gasteiger partial charge in [-0.25, -0.2) is 4.98 Å². The standard InChI is InChI=1S/C15H25BrN4O/c1-3-8-17-14-13(16)12(11-21-2)18-15(19-14)20-9-6-4-5-7-10-20/h3-11H2,1-2H3,(H,17,18,19). The first kappa shape index (κ1) is 16.5. The highest BCUT2D eigenvalue weighted by molar-refractivity contribution is 9.10. The minimum absolute atomic E-state index is 0.491. The summed E-state index contributed by atoms with van der Waals surface area (Å²) < 4.78 is 6.18. The van der Waals surface area contributed by atoms with Gasteiger partial charge >= 0.3 is 0 Å². The van der Waals surface area contributed by atoms with Gasteiger partial charge in [-0.15, -0.1) is 0 Å². The summed E-state index contributed by atoms with van der Waals surface area (Å²) in [6, 6.07) is 0. The molecule has 0 amide bonds. The minimum Gasteiger partial charge on any atom is -0.378 e. The van der Waals surface area contributed by atoms with Gasteiger partial charge < -0.3 is 15.0 Å². The zero-order valence-electron chi connectivity index (χ0n) is 13.0. The molecule has 5 nitrogen and oxygen atoms in total. The Morgan fingerprint density at radius 2 is 1.90 bits per heavy atom. The molecule has 0 unspecified atom stereocenters. The molecule has 2 heterocycles. The molecule has 1 aromatic rings. The van der Waals surface area contributed by atoms with Crippen molar-refractivity contribution in [2.75, 3.05) is 37.0 Å². The second kappa shape index (κ2) is 8.54. The van der Waals surface area contributed by atoms with Crippen molar-refractivity contribution in [3.63, 3.8) is 0 Å². The summed E-state index contributed by atoms with van der Waals surface area (Å²) >= 11 is 3.60. The Bertz CT molecular complexity index is 448. The number of ether oxygens (including phenoxy) is 1. The number of halogens is 1. The Balaban J connectivity index is 2.27. The van der Waals surface area contributed by atoms with Gasteiger partial charge in [0, 0.05) is 26.7 Å². The highest BCUT2D eigenvalue weighted by Crippen LogP contribution is 2.27. The Kier molecular flexibility index (Phi) is 6.70. The van der Waals surface area contributed by atoms with Gasteiger partial charge in [-0.1, -0.05) is 19.8 Å². The fraction of sp³-hybridized carbons (Fsp3) is 0.733. The summed E-state index contributed by atoms with van der Waals surface area (Å²) in [5, 5.41) is 3.38. The maximum atomic E-state index is 5.27. The topological polar surface area (TPSA) is 50.3 Å². The number of methoxy groups -OCH3 is 1. The monoisotopic (exact) mass is 356 g/mol. The van der Waals surface area contributed by atoms with E-state index in [1.54, 1.807) is 7.11 Å². The summed E-state index contributed by atoms with van der Waals surface area (Å²) in [6.07, 6.45) is 6.11. The molecule has 1 saturated heterocycles. The predicted molar refractivity (Wildman–Crippen MR) is 89.9 cm³/mol. The Morgan fingerprint density at radius 1 is 1.19 bits per heavy atom. The third-order valence-electron chi connectivity index (χ3n) is 3.62. The third-order valence-corrected chi connectivity index (χ3v) is 4.45. The van der Waals surface area contributed by atoms with E-state index < -0.39 is 0 Å². The first-order valence-corrected chi connectivity index (χ1v) is 8.59. The van der Waals surface area contributed by atoms with E-state index in [1.165, 1.54) is 25.7 Å². The Hall–Kier alpha value is -0.880. The van der Waals surface area contributed by atoms with Gasteiger partial charge in [-0.05, 0) is 35.2 Å². The number of nitrogens with zero attached hydrogens (tertiary/aromatic N) is 3. The molecule has 1 aliphatic heterocycles. The van der Waals surface area contributed by atoms with Crippen LogP contribution >= 0.6 is 15.9 Å². The van der Waals surface area contributed by atoms with Crippen LogP contribution in [0.15, 0.2) is 4.47 Å². The van der Waals surface area contributed by atoms with Crippen LogP contribution in [0.3, 0.4) is 0 Å². The quantitative estimate of drug-likeness (QED) is 0.843. The molecule has 1 aromatic heterocycles. The number of rotatable bonds is 6. The molecule has 6 heteroatoms. The summed E-state index contributed by atoms with van der Waals surface area (Å²) in [6.45, 7) is 5.63. The summed E-state index contributed by atoms with van der Waals surface area (Å²) in [7, 11) is 1.69. The number of hydrogen-bond donors (Lipinski definition) is 1. The van der Waals surface area contributed by atoms with Crippen molar-refractivity contribution in [3.05, 3.63) is 10.2 Å². The molecule has 0 spiro atoms. The van der Waals surface area contributed by atoms with Crippen LogP contribution in [-0.4, -0.2) is 36.7 Å². The average Bonchev–Trinajstić information content (AvgIpc) is 2.77.